The summed E-state index contributed by atoms with van der Waals surface area (Å²) in [5.41, 5.74) is 3.17. The zero-order valence-electron chi connectivity index (χ0n) is 17.0. The van der Waals surface area contributed by atoms with Gasteiger partial charge in [0.2, 0.25) is 0 Å². The SMILES string of the molecule is C[C@H](CNC(=O)COC(=O)c1cc(C2CC2)nn1-c1ccccc1)c1ccccc1. The lowest BCUT2D eigenvalue weighted by Gasteiger charge is -2.13. The van der Waals surface area contributed by atoms with Gasteiger partial charge in [-0.1, -0.05) is 55.5 Å². The van der Waals surface area contributed by atoms with Crippen molar-refractivity contribution in [2.75, 3.05) is 13.2 Å². The maximum atomic E-state index is 12.7. The van der Waals surface area contributed by atoms with Crippen LogP contribution in [-0.2, 0) is 9.53 Å². The van der Waals surface area contributed by atoms with E-state index in [1.54, 1.807) is 10.7 Å². The molecule has 6 nitrogen and oxygen atoms in total. The van der Waals surface area contributed by atoms with Crippen LogP contribution < -0.4 is 5.32 Å². The third-order valence-corrected chi connectivity index (χ3v) is 5.24. The van der Waals surface area contributed by atoms with Crippen molar-refractivity contribution in [3.8, 4) is 5.69 Å². The standard InChI is InChI=1S/C24H25N3O3/c1-17(18-8-4-2-5-9-18)15-25-23(28)16-30-24(29)22-14-21(19-12-13-19)26-27(22)20-10-6-3-7-11-20/h2-11,14,17,19H,12-13,15-16H2,1H3,(H,25,28)/t17-/m1/s1. The Labute approximate surface area is 175 Å². The van der Waals surface area contributed by atoms with Gasteiger partial charge in [-0.3, -0.25) is 4.79 Å². The Kier molecular flexibility index (Phi) is 5.93. The molecule has 154 valence electrons. The molecule has 0 radical (unpaired) electrons. The predicted octanol–water partition coefficient (Wildman–Crippen LogP) is 3.83. The first kappa shape index (κ1) is 19.9. The third-order valence-electron chi connectivity index (χ3n) is 5.24. The molecule has 1 N–H and O–H groups in total. The minimum atomic E-state index is -0.551. The van der Waals surface area contributed by atoms with Gasteiger partial charge in [-0.25, -0.2) is 9.48 Å². The van der Waals surface area contributed by atoms with Crippen LogP contribution in [0.1, 0.15) is 53.3 Å². The highest BCUT2D eigenvalue weighted by Crippen LogP contribution is 2.39. The molecular formula is C24H25N3O3. The highest BCUT2D eigenvalue weighted by Gasteiger charge is 2.29. The van der Waals surface area contributed by atoms with Crippen molar-refractivity contribution in [1.82, 2.24) is 15.1 Å². The minimum absolute atomic E-state index is 0.173. The molecule has 1 heterocycles. The second-order valence-electron chi connectivity index (χ2n) is 7.67. The number of nitrogens with one attached hydrogen (secondary N) is 1. The molecule has 30 heavy (non-hydrogen) atoms. The number of rotatable bonds is 8. The number of hydrogen-bond donors (Lipinski definition) is 1. The van der Waals surface area contributed by atoms with Crippen molar-refractivity contribution in [3.63, 3.8) is 0 Å². The zero-order chi connectivity index (χ0) is 20.9. The summed E-state index contributed by atoms with van der Waals surface area (Å²) in [5, 5.41) is 7.43. The van der Waals surface area contributed by atoms with Gasteiger partial charge in [-0.15, -0.1) is 0 Å². The fourth-order valence-corrected chi connectivity index (χ4v) is 3.31. The maximum Gasteiger partial charge on any atom is 0.357 e. The quantitative estimate of drug-likeness (QED) is 0.580. The van der Waals surface area contributed by atoms with Gasteiger partial charge in [0.15, 0.2) is 12.3 Å². The van der Waals surface area contributed by atoms with Crippen LogP contribution in [-0.4, -0.2) is 34.8 Å². The van der Waals surface area contributed by atoms with Crippen molar-refractivity contribution < 1.29 is 14.3 Å². The average Bonchev–Trinajstić information content (AvgIpc) is 3.55. The van der Waals surface area contributed by atoms with Gasteiger partial charge in [0, 0.05) is 12.5 Å². The molecule has 4 rings (SSSR count). The number of benzene rings is 2. The van der Waals surface area contributed by atoms with Gasteiger partial charge in [-0.2, -0.15) is 5.10 Å². The second-order valence-corrected chi connectivity index (χ2v) is 7.67. The first-order valence-corrected chi connectivity index (χ1v) is 10.3. The van der Waals surface area contributed by atoms with E-state index >= 15 is 0 Å². The highest BCUT2D eigenvalue weighted by molar-refractivity contribution is 5.90. The van der Waals surface area contributed by atoms with Crippen molar-refractivity contribution >= 4 is 11.9 Å². The lowest BCUT2D eigenvalue weighted by molar-refractivity contribution is -0.124. The van der Waals surface area contributed by atoms with Crippen molar-refractivity contribution in [2.45, 2.75) is 31.6 Å². The topological polar surface area (TPSA) is 73.2 Å². The number of ether oxygens (including phenoxy) is 1. The van der Waals surface area contributed by atoms with E-state index in [2.05, 4.69) is 10.4 Å². The number of carbonyl (C=O) groups excluding carboxylic acids is 2. The smallest absolute Gasteiger partial charge is 0.357 e. The monoisotopic (exact) mass is 403 g/mol. The molecule has 3 aromatic rings. The van der Waals surface area contributed by atoms with E-state index in [1.807, 2.05) is 67.6 Å². The summed E-state index contributed by atoms with van der Waals surface area (Å²) in [6.07, 6.45) is 2.17. The second kappa shape index (κ2) is 8.95. The highest BCUT2D eigenvalue weighted by atomic mass is 16.5. The molecule has 0 spiro atoms. The molecule has 1 atom stereocenters. The molecule has 0 saturated heterocycles. The Morgan fingerprint density at radius 3 is 2.43 bits per heavy atom. The van der Waals surface area contributed by atoms with Crippen LogP contribution in [0, 0.1) is 0 Å². The summed E-state index contributed by atoms with van der Waals surface area (Å²) in [7, 11) is 0. The van der Waals surface area contributed by atoms with Gasteiger partial charge in [0.05, 0.1) is 11.4 Å². The summed E-state index contributed by atoms with van der Waals surface area (Å²) >= 11 is 0. The molecule has 0 aliphatic heterocycles. The molecule has 6 heteroatoms. The zero-order valence-corrected chi connectivity index (χ0v) is 17.0. The molecular weight excluding hydrogens is 378 g/mol. The van der Waals surface area contributed by atoms with Crippen molar-refractivity contribution in [3.05, 3.63) is 83.7 Å². The van der Waals surface area contributed by atoms with Crippen LogP contribution >= 0.6 is 0 Å². The molecule has 1 fully saturated rings. The normalized spacial score (nSPS) is 14.2. The Hall–Kier alpha value is -3.41. The minimum Gasteiger partial charge on any atom is -0.451 e. The first-order valence-electron chi connectivity index (χ1n) is 10.3. The number of nitrogens with zero attached hydrogens (tertiary/aromatic N) is 2. The number of carbonyl (C=O) groups is 2. The maximum absolute atomic E-state index is 12.7. The number of esters is 1. The van der Waals surface area contributed by atoms with Gasteiger partial charge < -0.3 is 10.1 Å². The van der Waals surface area contributed by atoms with E-state index in [0.717, 1.165) is 29.8 Å². The van der Waals surface area contributed by atoms with E-state index in [9.17, 15) is 9.59 Å². The van der Waals surface area contributed by atoms with Gasteiger partial charge in [0.25, 0.3) is 5.91 Å². The summed E-state index contributed by atoms with van der Waals surface area (Å²) in [6, 6.07) is 21.2. The van der Waals surface area contributed by atoms with Gasteiger partial charge in [-0.05, 0) is 42.5 Å². The summed E-state index contributed by atoms with van der Waals surface area (Å²) in [6.45, 7) is 2.20. The molecule has 1 amide bonds. The predicted molar refractivity (Wildman–Crippen MR) is 114 cm³/mol. The largest absolute Gasteiger partial charge is 0.451 e. The van der Waals surface area contributed by atoms with E-state index in [0.29, 0.717) is 18.2 Å². The van der Waals surface area contributed by atoms with Crippen LogP contribution in [0.15, 0.2) is 66.7 Å². The first-order chi connectivity index (χ1) is 14.6. The van der Waals surface area contributed by atoms with Gasteiger partial charge in [0.1, 0.15) is 0 Å². The number of para-hydroxylation sites is 1. The molecule has 1 saturated carbocycles. The van der Waals surface area contributed by atoms with Crippen LogP contribution in [0.2, 0.25) is 0 Å². The molecule has 2 aromatic carbocycles. The van der Waals surface area contributed by atoms with E-state index in [4.69, 9.17) is 4.74 Å². The lowest BCUT2D eigenvalue weighted by atomic mass is 10.0. The fraction of sp³-hybridized carbons (Fsp3) is 0.292. The Morgan fingerprint density at radius 2 is 1.77 bits per heavy atom. The Bertz CT molecular complexity index is 1010. The van der Waals surface area contributed by atoms with Crippen LogP contribution in [0.4, 0.5) is 0 Å². The van der Waals surface area contributed by atoms with Crippen LogP contribution in [0.25, 0.3) is 5.69 Å². The Balaban J connectivity index is 1.36. The summed E-state index contributed by atoms with van der Waals surface area (Å²) in [4.78, 5) is 24.9. The molecule has 1 aromatic heterocycles. The molecule has 1 aliphatic carbocycles. The number of aromatic nitrogens is 2. The fourth-order valence-electron chi connectivity index (χ4n) is 3.31. The summed E-state index contributed by atoms with van der Waals surface area (Å²) in [5.74, 6) is -0.292. The van der Waals surface area contributed by atoms with E-state index < -0.39 is 5.97 Å². The van der Waals surface area contributed by atoms with Crippen LogP contribution in [0.3, 0.4) is 0 Å². The number of hydrogen-bond acceptors (Lipinski definition) is 4. The average molecular weight is 403 g/mol. The van der Waals surface area contributed by atoms with E-state index in [1.165, 1.54) is 0 Å². The summed E-state index contributed by atoms with van der Waals surface area (Å²) < 4.78 is 6.89. The van der Waals surface area contributed by atoms with Crippen LogP contribution in [0.5, 0.6) is 0 Å². The molecule has 0 bridgehead atoms. The molecule has 0 unspecified atom stereocenters. The number of amides is 1. The van der Waals surface area contributed by atoms with Crippen molar-refractivity contribution in [1.29, 1.82) is 0 Å². The van der Waals surface area contributed by atoms with Gasteiger partial charge >= 0.3 is 5.97 Å². The Morgan fingerprint density at radius 1 is 1.10 bits per heavy atom. The third kappa shape index (κ3) is 4.76. The van der Waals surface area contributed by atoms with Crippen molar-refractivity contribution in [2.24, 2.45) is 0 Å². The van der Waals surface area contributed by atoms with E-state index in [-0.39, 0.29) is 18.4 Å². The molecule has 1 aliphatic rings. The lowest BCUT2D eigenvalue weighted by Crippen LogP contribution is -2.32.